The molecule has 0 aliphatic rings. The van der Waals surface area contributed by atoms with Gasteiger partial charge in [0.15, 0.2) is 5.76 Å². The molecule has 5 nitrogen and oxygen atoms in total. The first-order valence-electron chi connectivity index (χ1n) is 4.75. The minimum Gasteiger partial charge on any atom is -0.355 e. The van der Waals surface area contributed by atoms with Crippen LogP contribution in [0.25, 0.3) is 10.6 Å². The largest absolute Gasteiger partial charge is 0.355 e. The molecular weight excluding hydrogens is 224 g/mol. The summed E-state index contributed by atoms with van der Waals surface area (Å²) >= 11 is 1.63. The molecule has 0 bridgehead atoms. The monoisotopic (exact) mass is 232 g/mol. The average molecular weight is 232 g/mol. The topological polar surface area (TPSA) is 56.7 Å². The SMILES string of the molecule is c1csc(-c2cc(Cn3ccnn3)no2)c1. The maximum Gasteiger partial charge on any atom is 0.177 e. The highest BCUT2D eigenvalue weighted by molar-refractivity contribution is 7.13. The molecule has 0 radical (unpaired) electrons. The summed E-state index contributed by atoms with van der Waals surface area (Å²) in [5, 5.41) is 13.6. The third kappa shape index (κ3) is 1.74. The number of rotatable bonds is 3. The van der Waals surface area contributed by atoms with E-state index in [0.717, 1.165) is 16.3 Å². The van der Waals surface area contributed by atoms with E-state index in [9.17, 15) is 0 Å². The van der Waals surface area contributed by atoms with Crippen molar-refractivity contribution >= 4 is 11.3 Å². The molecule has 16 heavy (non-hydrogen) atoms. The molecule has 80 valence electrons. The third-order valence-corrected chi connectivity index (χ3v) is 3.00. The number of hydrogen-bond acceptors (Lipinski definition) is 5. The summed E-state index contributed by atoms with van der Waals surface area (Å²) in [6.45, 7) is 0.578. The van der Waals surface area contributed by atoms with Crippen molar-refractivity contribution in [1.82, 2.24) is 20.2 Å². The Bertz CT molecular complexity index is 555. The zero-order chi connectivity index (χ0) is 10.8. The molecule has 6 heteroatoms. The molecule has 0 amide bonds. The van der Waals surface area contributed by atoms with E-state index in [1.54, 1.807) is 28.4 Å². The fraction of sp³-hybridized carbons (Fsp3) is 0.100. The lowest BCUT2D eigenvalue weighted by Crippen LogP contribution is -2.00. The molecule has 0 saturated carbocycles. The summed E-state index contributed by atoms with van der Waals surface area (Å²) in [4.78, 5) is 1.08. The van der Waals surface area contributed by atoms with Gasteiger partial charge < -0.3 is 4.52 Å². The van der Waals surface area contributed by atoms with Crippen LogP contribution in [0.2, 0.25) is 0 Å². The van der Waals surface area contributed by atoms with Crippen LogP contribution in [0, 0.1) is 0 Å². The molecule has 0 aliphatic heterocycles. The number of thiophene rings is 1. The van der Waals surface area contributed by atoms with Crippen molar-refractivity contribution in [3.8, 4) is 10.6 Å². The molecule has 0 unspecified atom stereocenters. The van der Waals surface area contributed by atoms with E-state index in [1.807, 2.05) is 23.6 Å². The van der Waals surface area contributed by atoms with Gasteiger partial charge in [0.05, 0.1) is 17.6 Å². The summed E-state index contributed by atoms with van der Waals surface area (Å²) in [5.74, 6) is 0.796. The quantitative estimate of drug-likeness (QED) is 0.693. The molecule has 0 atom stereocenters. The summed E-state index contributed by atoms with van der Waals surface area (Å²) < 4.78 is 6.96. The Morgan fingerprint density at radius 3 is 3.19 bits per heavy atom. The van der Waals surface area contributed by atoms with Crippen LogP contribution in [-0.4, -0.2) is 20.2 Å². The molecule has 0 aliphatic carbocycles. The molecule has 3 aromatic rings. The standard InChI is InChI=1S/C10H8N4OS/c1-2-10(16-5-1)9-6-8(12-15-9)7-14-4-3-11-13-14/h1-6H,7H2. The lowest BCUT2D eigenvalue weighted by molar-refractivity contribution is 0.419. The van der Waals surface area contributed by atoms with E-state index >= 15 is 0 Å². The van der Waals surface area contributed by atoms with E-state index in [-0.39, 0.29) is 0 Å². The summed E-state index contributed by atoms with van der Waals surface area (Å²) in [6, 6.07) is 5.91. The maximum atomic E-state index is 5.26. The minimum absolute atomic E-state index is 0.578. The Morgan fingerprint density at radius 2 is 2.44 bits per heavy atom. The zero-order valence-electron chi connectivity index (χ0n) is 8.28. The molecule has 0 aromatic carbocycles. The van der Waals surface area contributed by atoms with Crippen molar-refractivity contribution in [2.75, 3.05) is 0 Å². The van der Waals surface area contributed by atoms with Crippen LogP contribution in [0.5, 0.6) is 0 Å². The first kappa shape index (κ1) is 9.29. The van der Waals surface area contributed by atoms with Gasteiger partial charge in [-0.25, -0.2) is 4.68 Å². The Labute approximate surface area is 95.3 Å². The van der Waals surface area contributed by atoms with Crippen molar-refractivity contribution in [3.63, 3.8) is 0 Å². The Hall–Kier alpha value is -1.95. The summed E-state index contributed by atoms with van der Waals surface area (Å²) in [5.41, 5.74) is 0.842. The van der Waals surface area contributed by atoms with E-state index in [1.165, 1.54) is 0 Å². The van der Waals surface area contributed by atoms with Gasteiger partial charge >= 0.3 is 0 Å². The number of nitrogens with zero attached hydrogens (tertiary/aromatic N) is 4. The van der Waals surface area contributed by atoms with Crippen LogP contribution in [0.3, 0.4) is 0 Å². The lowest BCUT2D eigenvalue weighted by Gasteiger charge is -1.92. The molecule has 3 rings (SSSR count). The Morgan fingerprint density at radius 1 is 1.44 bits per heavy atom. The van der Waals surface area contributed by atoms with Crippen LogP contribution in [0.4, 0.5) is 0 Å². The van der Waals surface area contributed by atoms with E-state index in [4.69, 9.17) is 4.52 Å². The predicted octanol–water partition coefficient (Wildman–Crippen LogP) is 2.04. The van der Waals surface area contributed by atoms with Gasteiger partial charge in [-0.3, -0.25) is 0 Å². The second-order valence-electron chi connectivity index (χ2n) is 3.26. The Balaban J connectivity index is 1.83. The molecule has 0 spiro atoms. The normalized spacial score (nSPS) is 10.8. The van der Waals surface area contributed by atoms with E-state index < -0.39 is 0 Å². The predicted molar refractivity (Wildman–Crippen MR) is 58.9 cm³/mol. The maximum absolute atomic E-state index is 5.26. The van der Waals surface area contributed by atoms with Gasteiger partial charge in [0.1, 0.15) is 5.69 Å². The van der Waals surface area contributed by atoms with E-state index in [2.05, 4.69) is 15.5 Å². The second kappa shape index (κ2) is 3.90. The Kier molecular flexibility index (Phi) is 2.26. The van der Waals surface area contributed by atoms with Crippen LogP contribution >= 0.6 is 11.3 Å². The van der Waals surface area contributed by atoms with Crippen molar-refractivity contribution in [1.29, 1.82) is 0 Å². The van der Waals surface area contributed by atoms with Gasteiger partial charge in [-0.15, -0.1) is 16.4 Å². The molecule has 3 heterocycles. The number of aromatic nitrogens is 4. The summed E-state index contributed by atoms with van der Waals surface area (Å²) in [7, 11) is 0. The van der Waals surface area contributed by atoms with Crippen LogP contribution < -0.4 is 0 Å². The van der Waals surface area contributed by atoms with Crippen LogP contribution in [-0.2, 0) is 6.54 Å². The average Bonchev–Trinajstić information content (AvgIpc) is 2.99. The summed E-state index contributed by atoms with van der Waals surface area (Å²) in [6.07, 6.45) is 3.43. The van der Waals surface area contributed by atoms with Gasteiger partial charge in [-0.05, 0) is 11.4 Å². The van der Waals surface area contributed by atoms with Crippen molar-refractivity contribution in [2.24, 2.45) is 0 Å². The van der Waals surface area contributed by atoms with Crippen LogP contribution in [0.15, 0.2) is 40.5 Å². The smallest absolute Gasteiger partial charge is 0.177 e. The zero-order valence-corrected chi connectivity index (χ0v) is 9.09. The van der Waals surface area contributed by atoms with Crippen molar-refractivity contribution in [2.45, 2.75) is 6.54 Å². The van der Waals surface area contributed by atoms with Gasteiger partial charge in [0.25, 0.3) is 0 Å². The molecular formula is C10H8N4OS. The fourth-order valence-electron chi connectivity index (χ4n) is 1.40. The minimum atomic E-state index is 0.578. The third-order valence-electron chi connectivity index (χ3n) is 2.12. The van der Waals surface area contributed by atoms with Crippen molar-refractivity contribution in [3.05, 3.63) is 41.7 Å². The highest BCUT2D eigenvalue weighted by atomic mass is 32.1. The van der Waals surface area contributed by atoms with Gasteiger partial charge in [0, 0.05) is 12.3 Å². The second-order valence-corrected chi connectivity index (χ2v) is 4.21. The molecule has 3 aromatic heterocycles. The fourth-order valence-corrected chi connectivity index (χ4v) is 2.08. The molecule has 0 saturated heterocycles. The highest BCUT2D eigenvalue weighted by Crippen LogP contribution is 2.25. The highest BCUT2D eigenvalue weighted by Gasteiger charge is 2.07. The lowest BCUT2D eigenvalue weighted by atomic mass is 10.3. The van der Waals surface area contributed by atoms with Gasteiger partial charge in [-0.1, -0.05) is 16.4 Å². The van der Waals surface area contributed by atoms with Gasteiger partial charge in [0.2, 0.25) is 0 Å². The molecule has 0 N–H and O–H groups in total. The van der Waals surface area contributed by atoms with Crippen molar-refractivity contribution < 1.29 is 4.52 Å². The number of hydrogen-bond donors (Lipinski definition) is 0. The first-order chi connectivity index (χ1) is 7.92. The first-order valence-corrected chi connectivity index (χ1v) is 5.63. The van der Waals surface area contributed by atoms with Crippen LogP contribution in [0.1, 0.15) is 5.69 Å². The molecule has 0 fully saturated rings. The van der Waals surface area contributed by atoms with Gasteiger partial charge in [-0.2, -0.15) is 0 Å². The van der Waals surface area contributed by atoms with E-state index in [0.29, 0.717) is 6.54 Å².